The molecular weight excluding hydrogens is 1520 g/mol. The third kappa shape index (κ3) is 16.3. The van der Waals surface area contributed by atoms with Gasteiger partial charge in [-0.15, -0.1) is 0 Å². The highest BCUT2D eigenvalue weighted by Crippen LogP contribution is 2.49. The first kappa shape index (κ1) is 73.0. The molecule has 0 spiro atoms. The Morgan fingerprint density at radius 1 is 0.356 bits per heavy atom. The highest BCUT2D eigenvalue weighted by molar-refractivity contribution is 9.11. The Morgan fingerprint density at radius 3 is 1.07 bits per heavy atom. The summed E-state index contributed by atoms with van der Waals surface area (Å²) in [4.78, 5) is 21.9. The summed E-state index contributed by atoms with van der Waals surface area (Å²) in [6.07, 6.45) is 24.8. The first-order chi connectivity index (χ1) is 49.1. The molecule has 8 heterocycles. The van der Waals surface area contributed by atoms with E-state index in [4.69, 9.17) is 38.9 Å². The van der Waals surface area contributed by atoms with Crippen molar-refractivity contribution in [3.8, 4) is 23.0 Å². The number of hydrogen-bond acceptors (Lipinski definition) is 12. The van der Waals surface area contributed by atoms with Crippen LogP contribution in [0.3, 0.4) is 0 Å². The van der Waals surface area contributed by atoms with E-state index >= 15 is 0 Å². The number of aromatic nitrogens is 4. The van der Waals surface area contributed by atoms with Crippen molar-refractivity contribution in [3.05, 3.63) is 244 Å². The van der Waals surface area contributed by atoms with E-state index in [1.54, 1.807) is 28.4 Å². The number of fused-ring (bicyclic) bond motifs is 8. The molecule has 12 nitrogen and oxygen atoms in total. The van der Waals surface area contributed by atoms with E-state index in [0.717, 1.165) is 200 Å². The van der Waals surface area contributed by atoms with E-state index in [9.17, 15) is 0 Å². The fraction of sp³-hybridized carbons (Fsp3) is 0.412. The number of aryl methyl sites for hydroxylation is 12. The van der Waals surface area contributed by atoms with Crippen molar-refractivity contribution < 1.29 is 18.9 Å². The minimum Gasteiger partial charge on any atom is -0.496 e. The third-order valence-corrected chi connectivity index (χ3v) is 23.4. The largest absolute Gasteiger partial charge is 0.496 e. The van der Waals surface area contributed by atoms with E-state index in [1.807, 2.05) is 24.8 Å². The van der Waals surface area contributed by atoms with Crippen molar-refractivity contribution in [2.45, 2.75) is 136 Å². The van der Waals surface area contributed by atoms with Crippen LogP contribution < -0.4 is 34.9 Å². The van der Waals surface area contributed by atoms with Crippen molar-refractivity contribution in [2.24, 2.45) is 5.92 Å². The summed E-state index contributed by atoms with van der Waals surface area (Å²) in [5, 5.41) is 10.4. The fourth-order valence-corrected chi connectivity index (χ4v) is 18.5. The summed E-state index contributed by atoms with van der Waals surface area (Å²) >= 11 is 14.4. The summed E-state index contributed by atoms with van der Waals surface area (Å²) in [6.45, 7) is 17.1. The van der Waals surface area contributed by atoms with Gasteiger partial charge in [-0.05, 0) is 362 Å². The smallest absolute Gasteiger partial charge is 0.127 e. The quantitative estimate of drug-likeness (QED) is 0.152. The SMILES string of the molecule is COc1cc(C)cc2c1C(=C1CCN(C)CC1)c1ncc(Br)cc1CC2.COc1cc(C)cc2c1C(=C1CCNCC1)c1ncc(Br)cc1CC2.COc1cc(C)cc2c1C(=C1CCNCC1)c1ncc(Br)cc1CC2.COc1cc(C)cc2c1C(C1CCNCC1)c1ncc(Br)cc1CC2. The number of pyridine rings is 4. The fourth-order valence-electron chi connectivity index (χ4n) is 17.0. The zero-order chi connectivity index (χ0) is 70.4. The average Bonchev–Trinajstić information content (AvgIpc) is 1.80. The molecule has 0 radical (unpaired) electrons. The van der Waals surface area contributed by atoms with Crippen LogP contribution in [0.2, 0.25) is 0 Å². The number of ether oxygens (including phenoxy) is 4. The number of nitrogens with one attached hydrogen (secondary N) is 3. The van der Waals surface area contributed by atoms with Gasteiger partial charge in [0.2, 0.25) is 0 Å². The first-order valence-electron chi connectivity index (χ1n) is 36.3. The van der Waals surface area contributed by atoms with E-state index < -0.39 is 0 Å². The molecule has 1 atom stereocenters. The molecule has 0 saturated carbocycles. The highest BCUT2D eigenvalue weighted by atomic mass is 79.9. The van der Waals surface area contributed by atoms with Crippen molar-refractivity contribution in [1.82, 2.24) is 40.8 Å². The van der Waals surface area contributed by atoms with Gasteiger partial charge in [0, 0.05) is 101 Å². The molecule has 4 fully saturated rings. The first-order valence-corrected chi connectivity index (χ1v) is 39.5. The van der Waals surface area contributed by atoms with E-state index in [1.165, 1.54) is 141 Å². The molecule has 528 valence electrons. The van der Waals surface area contributed by atoms with E-state index in [0.29, 0.717) is 11.8 Å². The number of hydrogen-bond donors (Lipinski definition) is 3. The second-order valence-corrected chi connectivity index (χ2v) is 32.2. The minimum absolute atomic E-state index is 0.332. The predicted octanol–water partition coefficient (Wildman–Crippen LogP) is 18.1. The molecule has 16 rings (SSSR count). The van der Waals surface area contributed by atoms with Crippen molar-refractivity contribution in [3.63, 3.8) is 0 Å². The molecular formula is C85H96Br4N8O4. The molecule has 4 aromatic heterocycles. The molecule has 4 aliphatic heterocycles. The molecule has 4 aliphatic carbocycles. The Bertz CT molecular complexity index is 4350. The Morgan fingerprint density at radius 2 is 0.673 bits per heavy atom. The van der Waals surface area contributed by atoms with Crippen LogP contribution in [-0.4, -0.2) is 113 Å². The number of methoxy groups -OCH3 is 4. The summed E-state index contributed by atoms with van der Waals surface area (Å²) < 4.78 is 27.6. The summed E-state index contributed by atoms with van der Waals surface area (Å²) in [5.74, 6) is 4.93. The number of rotatable bonds is 5. The standard InChI is InChI=1S/C22H25BrN2O.C21H25BrN2O.2C21H23BrN2O/c1-14-10-16-4-5-17-12-18(23)13-24-22(17)21(20(16)19(11-14)26-3)15-6-8-25(2)9-7-15;3*1-13-9-15-3-4-16-11-17(22)12-24-21(16)20(14-5-7-23-8-6-14)19(15)18(10-13)25-2/h10-13H,4-9H2,1-3H3;9-12,14,20,23H,3-8H2,1-2H3;2*9-12,23H,3-8H2,1-2H3. The maximum absolute atomic E-state index is 5.86. The average molecular weight is 1610 g/mol. The van der Waals surface area contributed by atoms with Gasteiger partial charge in [-0.3, -0.25) is 19.9 Å². The molecule has 8 aromatic rings. The predicted molar refractivity (Wildman–Crippen MR) is 425 cm³/mol. The number of piperidine rings is 4. The Balaban J connectivity index is 0.000000120. The van der Waals surface area contributed by atoms with Gasteiger partial charge in [0.05, 0.1) is 51.2 Å². The Kier molecular flexibility index (Phi) is 24.0. The van der Waals surface area contributed by atoms with Gasteiger partial charge in [0.1, 0.15) is 23.0 Å². The molecule has 4 saturated heterocycles. The van der Waals surface area contributed by atoms with Crippen LogP contribution in [0, 0.1) is 33.6 Å². The minimum atomic E-state index is 0.332. The number of benzene rings is 4. The maximum atomic E-state index is 5.86. The van der Waals surface area contributed by atoms with Gasteiger partial charge in [-0.2, -0.15) is 0 Å². The zero-order valence-corrected chi connectivity index (χ0v) is 66.6. The van der Waals surface area contributed by atoms with Crippen molar-refractivity contribution >= 4 is 80.4 Å². The summed E-state index contributed by atoms with van der Waals surface area (Å²) in [7, 11) is 9.35. The lowest BCUT2D eigenvalue weighted by molar-refractivity contribution is 0.313. The van der Waals surface area contributed by atoms with Crippen LogP contribution in [0.4, 0.5) is 0 Å². The number of nitrogens with zero attached hydrogens (tertiary/aromatic N) is 5. The van der Waals surface area contributed by atoms with Gasteiger partial charge >= 0.3 is 0 Å². The Labute approximate surface area is 632 Å². The lowest BCUT2D eigenvalue weighted by Crippen LogP contribution is -2.32. The number of halogens is 4. The normalized spacial score (nSPS) is 18.0. The highest BCUT2D eigenvalue weighted by Gasteiger charge is 2.36. The molecule has 8 aliphatic rings. The van der Waals surface area contributed by atoms with Crippen LogP contribution >= 0.6 is 63.7 Å². The van der Waals surface area contributed by atoms with Gasteiger partial charge < -0.3 is 39.8 Å². The van der Waals surface area contributed by atoms with Gasteiger partial charge in [0.25, 0.3) is 0 Å². The van der Waals surface area contributed by atoms with Crippen LogP contribution in [-0.2, 0) is 51.4 Å². The second-order valence-electron chi connectivity index (χ2n) is 28.5. The molecule has 1 unspecified atom stereocenters. The molecule has 16 heteroatoms. The van der Waals surface area contributed by atoms with Crippen LogP contribution in [0.1, 0.15) is 169 Å². The maximum Gasteiger partial charge on any atom is 0.127 e. The lowest BCUT2D eigenvalue weighted by Gasteiger charge is -2.32. The van der Waals surface area contributed by atoms with Gasteiger partial charge in [0.15, 0.2) is 0 Å². The molecule has 4 aromatic carbocycles. The van der Waals surface area contributed by atoms with Crippen molar-refractivity contribution in [2.75, 3.05) is 87.8 Å². The second kappa shape index (κ2) is 33.2. The van der Waals surface area contributed by atoms with E-state index in [2.05, 4.69) is 192 Å². The zero-order valence-electron chi connectivity index (χ0n) is 60.2. The van der Waals surface area contributed by atoms with Crippen molar-refractivity contribution in [1.29, 1.82) is 0 Å². The summed E-state index contributed by atoms with van der Waals surface area (Å²) in [6, 6.07) is 27.0. The van der Waals surface area contributed by atoms with Crippen LogP contribution in [0.5, 0.6) is 23.0 Å². The molecule has 0 bridgehead atoms. The third-order valence-electron chi connectivity index (χ3n) is 21.6. The number of likely N-dealkylation sites (tertiary alicyclic amines) is 1. The lowest BCUT2D eigenvalue weighted by atomic mass is 9.76. The molecule has 101 heavy (non-hydrogen) atoms. The van der Waals surface area contributed by atoms with E-state index in [-0.39, 0.29) is 0 Å². The summed E-state index contributed by atoms with van der Waals surface area (Å²) in [5.41, 5.74) is 34.3. The topological polar surface area (TPSA) is 128 Å². The van der Waals surface area contributed by atoms with Crippen LogP contribution in [0.15, 0.2) is 132 Å². The Hall–Kier alpha value is -6.34. The van der Waals surface area contributed by atoms with Gasteiger partial charge in [-0.25, -0.2) is 0 Å². The molecule has 3 N–H and O–H groups in total. The monoisotopic (exact) mass is 1610 g/mol. The van der Waals surface area contributed by atoms with Crippen LogP contribution in [0.25, 0.3) is 16.7 Å². The van der Waals surface area contributed by atoms with Gasteiger partial charge in [-0.1, -0.05) is 41.0 Å². The molecule has 0 amide bonds.